The number of nitrogens with zero attached hydrogens (tertiary/aromatic N) is 2. The lowest BCUT2D eigenvalue weighted by atomic mass is 10.2. The van der Waals surface area contributed by atoms with E-state index < -0.39 is 10.0 Å². The van der Waals surface area contributed by atoms with Gasteiger partial charge in [0.2, 0.25) is 10.0 Å². The minimum Gasteiger partial charge on any atom is -0.492 e. The van der Waals surface area contributed by atoms with Crippen LogP contribution < -0.4 is 4.74 Å². The SMILES string of the molecule is CN(CCOc1ccccc1)C(=O)c1ccccc1S(=O)(=O)N1CCCCC1. The normalized spacial score (nSPS) is 15.2. The number of benzene rings is 2. The van der Waals surface area contributed by atoms with Crippen molar-refractivity contribution in [1.29, 1.82) is 0 Å². The fourth-order valence-electron chi connectivity index (χ4n) is 3.24. The van der Waals surface area contributed by atoms with E-state index in [4.69, 9.17) is 4.74 Å². The lowest BCUT2D eigenvalue weighted by molar-refractivity contribution is 0.0769. The molecule has 1 heterocycles. The summed E-state index contributed by atoms with van der Waals surface area (Å²) in [6.07, 6.45) is 2.74. The molecule has 0 N–H and O–H groups in total. The van der Waals surface area contributed by atoms with Gasteiger partial charge in [0, 0.05) is 20.1 Å². The Bertz CT molecular complexity index is 894. The lowest BCUT2D eigenvalue weighted by Gasteiger charge is -2.27. The molecule has 6 nitrogen and oxygen atoms in total. The number of hydrogen-bond acceptors (Lipinski definition) is 4. The van der Waals surface area contributed by atoms with Crippen LogP contribution in [0.5, 0.6) is 5.75 Å². The van der Waals surface area contributed by atoms with Crippen molar-refractivity contribution in [2.45, 2.75) is 24.2 Å². The standard InChI is InChI=1S/C21H26N2O4S/c1-22(16-17-27-18-10-4-2-5-11-18)21(24)19-12-6-7-13-20(19)28(25,26)23-14-8-3-9-15-23/h2,4-7,10-13H,3,8-9,14-17H2,1H3. The first-order chi connectivity index (χ1) is 13.5. The number of likely N-dealkylation sites (N-methyl/N-ethyl adjacent to an activating group) is 1. The van der Waals surface area contributed by atoms with E-state index in [1.54, 1.807) is 25.2 Å². The second-order valence-corrected chi connectivity index (χ2v) is 8.76. The fraction of sp³-hybridized carbons (Fsp3) is 0.381. The van der Waals surface area contributed by atoms with E-state index in [2.05, 4.69) is 0 Å². The molecule has 2 aromatic rings. The lowest BCUT2D eigenvalue weighted by Crippen LogP contribution is -2.37. The summed E-state index contributed by atoms with van der Waals surface area (Å²) in [5.74, 6) is 0.407. The predicted octanol–water partition coefficient (Wildman–Crippen LogP) is 3.01. The summed E-state index contributed by atoms with van der Waals surface area (Å²) in [6, 6.07) is 15.8. The van der Waals surface area contributed by atoms with Gasteiger partial charge in [-0.1, -0.05) is 36.8 Å². The van der Waals surface area contributed by atoms with E-state index >= 15 is 0 Å². The number of rotatable bonds is 7. The highest BCUT2D eigenvalue weighted by Gasteiger charge is 2.30. The Morgan fingerprint density at radius 3 is 2.36 bits per heavy atom. The molecular formula is C21H26N2O4S. The molecule has 0 saturated carbocycles. The molecule has 1 saturated heterocycles. The van der Waals surface area contributed by atoms with Crippen molar-refractivity contribution in [3.8, 4) is 5.75 Å². The third kappa shape index (κ3) is 4.72. The summed E-state index contributed by atoms with van der Waals surface area (Å²) in [5, 5.41) is 0. The van der Waals surface area contributed by atoms with Crippen molar-refractivity contribution in [1.82, 2.24) is 9.21 Å². The molecule has 2 aromatic carbocycles. The molecule has 0 aliphatic carbocycles. The highest BCUT2D eigenvalue weighted by molar-refractivity contribution is 7.89. The van der Waals surface area contributed by atoms with Crippen molar-refractivity contribution in [2.75, 3.05) is 33.3 Å². The number of carbonyl (C=O) groups excluding carboxylic acids is 1. The maximum atomic E-state index is 13.1. The van der Waals surface area contributed by atoms with Gasteiger partial charge < -0.3 is 9.64 Å². The molecule has 0 bridgehead atoms. The van der Waals surface area contributed by atoms with Gasteiger partial charge >= 0.3 is 0 Å². The average molecular weight is 403 g/mol. The van der Waals surface area contributed by atoms with Gasteiger partial charge in [-0.25, -0.2) is 8.42 Å². The van der Waals surface area contributed by atoms with Crippen LogP contribution in [0.2, 0.25) is 0 Å². The van der Waals surface area contributed by atoms with Gasteiger partial charge in [-0.05, 0) is 37.1 Å². The van der Waals surface area contributed by atoms with E-state index in [1.807, 2.05) is 30.3 Å². The molecule has 3 rings (SSSR count). The number of amides is 1. The molecule has 0 aromatic heterocycles. The van der Waals surface area contributed by atoms with Crippen LogP contribution in [0, 0.1) is 0 Å². The van der Waals surface area contributed by atoms with Gasteiger partial charge in [0.25, 0.3) is 5.91 Å². The summed E-state index contributed by atoms with van der Waals surface area (Å²) in [7, 11) is -2.03. The molecular weight excluding hydrogens is 376 g/mol. The Morgan fingerprint density at radius 2 is 1.64 bits per heavy atom. The molecule has 1 aliphatic heterocycles. The maximum Gasteiger partial charge on any atom is 0.255 e. The Hall–Kier alpha value is -2.38. The summed E-state index contributed by atoms with van der Waals surface area (Å²) in [6.45, 7) is 1.69. The van der Waals surface area contributed by atoms with Crippen LogP contribution in [-0.4, -0.2) is 56.8 Å². The van der Waals surface area contributed by atoms with Crippen LogP contribution in [0.4, 0.5) is 0 Å². The van der Waals surface area contributed by atoms with E-state index in [-0.39, 0.29) is 16.4 Å². The van der Waals surface area contributed by atoms with Crippen LogP contribution in [0.25, 0.3) is 0 Å². The van der Waals surface area contributed by atoms with Crippen molar-refractivity contribution in [2.24, 2.45) is 0 Å². The number of piperidine rings is 1. The number of hydrogen-bond donors (Lipinski definition) is 0. The topological polar surface area (TPSA) is 66.9 Å². The van der Waals surface area contributed by atoms with Gasteiger partial charge in [-0.2, -0.15) is 4.31 Å². The van der Waals surface area contributed by atoms with Crippen molar-refractivity contribution in [3.05, 3.63) is 60.2 Å². The summed E-state index contributed by atoms with van der Waals surface area (Å²) < 4.78 is 33.3. The number of ether oxygens (including phenoxy) is 1. The zero-order valence-electron chi connectivity index (χ0n) is 16.1. The van der Waals surface area contributed by atoms with Crippen molar-refractivity contribution < 1.29 is 17.9 Å². The predicted molar refractivity (Wildman–Crippen MR) is 108 cm³/mol. The van der Waals surface area contributed by atoms with Crippen molar-refractivity contribution >= 4 is 15.9 Å². The number of sulfonamides is 1. The Balaban J connectivity index is 1.71. The Morgan fingerprint density at radius 1 is 1.00 bits per heavy atom. The maximum absolute atomic E-state index is 13.1. The first kappa shape index (κ1) is 20.4. The summed E-state index contributed by atoms with van der Waals surface area (Å²) >= 11 is 0. The average Bonchev–Trinajstić information content (AvgIpc) is 2.74. The third-order valence-electron chi connectivity index (χ3n) is 4.84. The number of para-hydroxylation sites is 1. The molecule has 150 valence electrons. The quantitative estimate of drug-likeness (QED) is 0.714. The monoisotopic (exact) mass is 402 g/mol. The smallest absolute Gasteiger partial charge is 0.255 e. The highest BCUT2D eigenvalue weighted by atomic mass is 32.2. The highest BCUT2D eigenvalue weighted by Crippen LogP contribution is 2.24. The second-order valence-electron chi connectivity index (χ2n) is 6.85. The minimum atomic E-state index is -3.68. The van der Waals surface area contributed by atoms with Crippen LogP contribution >= 0.6 is 0 Å². The molecule has 7 heteroatoms. The van der Waals surface area contributed by atoms with E-state index in [9.17, 15) is 13.2 Å². The first-order valence-electron chi connectivity index (χ1n) is 9.52. The van der Waals surface area contributed by atoms with Crippen LogP contribution in [0.15, 0.2) is 59.5 Å². The van der Waals surface area contributed by atoms with Crippen molar-refractivity contribution in [3.63, 3.8) is 0 Å². The zero-order chi connectivity index (χ0) is 20.0. The van der Waals surface area contributed by atoms with Gasteiger partial charge in [-0.3, -0.25) is 4.79 Å². The summed E-state index contributed by atoms with van der Waals surface area (Å²) in [4.78, 5) is 14.5. The molecule has 1 aliphatic rings. The molecule has 0 radical (unpaired) electrons. The zero-order valence-corrected chi connectivity index (χ0v) is 16.9. The largest absolute Gasteiger partial charge is 0.492 e. The second kappa shape index (κ2) is 9.21. The fourth-order valence-corrected chi connectivity index (χ4v) is 4.94. The van der Waals surface area contributed by atoms with Gasteiger partial charge in [-0.15, -0.1) is 0 Å². The first-order valence-corrected chi connectivity index (χ1v) is 11.0. The van der Waals surface area contributed by atoms with Gasteiger partial charge in [0.05, 0.1) is 17.0 Å². The number of carbonyl (C=O) groups is 1. The van der Waals surface area contributed by atoms with Crippen LogP contribution in [0.3, 0.4) is 0 Å². The summed E-state index contributed by atoms with van der Waals surface area (Å²) in [5.41, 5.74) is 0.204. The molecule has 1 amide bonds. The van der Waals surface area contributed by atoms with Gasteiger partial charge in [0.1, 0.15) is 12.4 Å². The Kier molecular flexibility index (Phi) is 6.70. The van der Waals surface area contributed by atoms with E-state index in [0.29, 0.717) is 26.2 Å². The van der Waals surface area contributed by atoms with Crippen LogP contribution in [0.1, 0.15) is 29.6 Å². The third-order valence-corrected chi connectivity index (χ3v) is 6.79. The molecule has 0 spiro atoms. The van der Waals surface area contributed by atoms with Crippen LogP contribution in [-0.2, 0) is 10.0 Å². The van der Waals surface area contributed by atoms with Gasteiger partial charge in [0.15, 0.2) is 0 Å². The Labute approximate surface area is 166 Å². The molecule has 1 fully saturated rings. The molecule has 0 atom stereocenters. The molecule has 0 unspecified atom stereocenters. The minimum absolute atomic E-state index is 0.0812. The van der Waals surface area contributed by atoms with E-state index in [0.717, 1.165) is 25.0 Å². The van der Waals surface area contributed by atoms with E-state index in [1.165, 1.54) is 15.3 Å². The molecule has 28 heavy (non-hydrogen) atoms.